The molecule has 0 spiro atoms. The van der Waals surface area contributed by atoms with Crippen molar-refractivity contribution in [3.63, 3.8) is 0 Å². The van der Waals surface area contributed by atoms with E-state index in [1.54, 1.807) is 0 Å². The maximum absolute atomic E-state index is 3.52. The highest BCUT2D eigenvalue weighted by molar-refractivity contribution is 4.73. The SMILES string of the molecule is CCCNCC(C)CN1CCN(CCC)CC1. The predicted molar refractivity (Wildman–Crippen MR) is 75.5 cm³/mol. The van der Waals surface area contributed by atoms with Crippen LogP contribution < -0.4 is 5.32 Å². The molecule has 1 heterocycles. The van der Waals surface area contributed by atoms with E-state index in [2.05, 4.69) is 35.9 Å². The molecule has 0 amide bonds. The Morgan fingerprint density at radius 2 is 1.65 bits per heavy atom. The van der Waals surface area contributed by atoms with E-state index in [1.165, 1.54) is 58.7 Å². The first-order valence-electron chi connectivity index (χ1n) is 7.41. The number of nitrogens with zero attached hydrogens (tertiary/aromatic N) is 2. The number of hydrogen-bond acceptors (Lipinski definition) is 3. The summed E-state index contributed by atoms with van der Waals surface area (Å²) in [5.74, 6) is 0.777. The fraction of sp³-hybridized carbons (Fsp3) is 1.00. The average Bonchev–Trinajstić information content (AvgIpc) is 2.32. The minimum Gasteiger partial charge on any atom is -0.316 e. The van der Waals surface area contributed by atoms with Gasteiger partial charge >= 0.3 is 0 Å². The van der Waals surface area contributed by atoms with Gasteiger partial charge in [0.25, 0.3) is 0 Å². The van der Waals surface area contributed by atoms with Crippen LogP contribution in [0.3, 0.4) is 0 Å². The van der Waals surface area contributed by atoms with Crippen molar-refractivity contribution < 1.29 is 0 Å². The maximum atomic E-state index is 3.52. The second kappa shape index (κ2) is 8.90. The molecule has 102 valence electrons. The fourth-order valence-corrected chi connectivity index (χ4v) is 2.54. The van der Waals surface area contributed by atoms with Crippen molar-refractivity contribution in [2.24, 2.45) is 5.92 Å². The van der Waals surface area contributed by atoms with Crippen LogP contribution >= 0.6 is 0 Å². The zero-order valence-electron chi connectivity index (χ0n) is 12.0. The van der Waals surface area contributed by atoms with Gasteiger partial charge in [0.1, 0.15) is 0 Å². The molecular formula is C14H31N3. The fourth-order valence-electron chi connectivity index (χ4n) is 2.54. The highest BCUT2D eigenvalue weighted by Gasteiger charge is 2.17. The molecule has 0 aromatic heterocycles. The molecule has 1 N–H and O–H groups in total. The van der Waals surface area contributed by atoms with E-state index in [0.717, 1.165) is 12.5 Å². The summed E-state index contributed by atoms with van der Waals surface area (Å²) >= 11 is 0. The topological polar surface area (TPSA) is 18.5 Å². The van der Waals surface area contributed by atoms with Gasteiger partial charge < -0.3 is 15.1 Å². The first kappa shape index (κ1) is 14.9. The minimum atomic E-state index is 0.777. The third kappa shape index (κ3) is 6.39. The van der Waals surface area contributed by atoms with Gasteiger partial charge in [0.15, 0.2) is 0 Å². The Morgan fingerprint density at radius 1 is 1.00 bits per heavy atom. The van der Waals surface area contributed by atoms with Crippen LogP contribution in [-0.2, 0) is 0 Å². The molecule has 3 heteroatoms. The van der Waals surface area contributed by atoms with Crippen LogP contribution in [0.5, 0.6) is 0 Å². The highest BCUT2D eigenvalue weighted by Crippen LogP contribution is 2.05. The van der Waals surface area contributed by atoms with Crippen molar-refractivity contribution in [1.82, 2.24) is 15.1 Å². The normalized spacial score (nSPS) is 20.6. The van der Waals surface area contributed by atoms with Crippen LogP contribution in [0.4, 0.5) is 0 Å². The summed E-state index contributed by atoms with van der Waals surface area (Å²) in [4.78, 5) is 5.22. The second-order valence-corrected chi connectivity index (χ2v) is 5.45. The molecule has 1 aliphatic rings. The molecule has 0 saturated carbocycles. The Kier molecular flexibility index (Phi) is 7.82. The summed E-state index contributed by atoms with van der Waals surface area (Å²) in [5.41, 5.74) is 0. The van der Waals surface area contributed by atoms with Gasteiger partial charge in [0.2, 0.25) is 0 Å². The first-order valence-corrected chi connectivity index (χ1v) is 7.41. The second-order valence-electron chi connectivity index (χ2n) is 5.45. The van der Waals surface area contributed by atoms with E-state index in [1.807, 2.05) is 0 Å². The maximum Gasteiger partial charge on any atom is 0.0110 e. The molecule has 1 saturated heterocycles. The summed E-state index contributed by atoms with van der Waals surface area (Å²) in [7, 11) is 0. The zero-order valence-corrected chi connectivity index (χ0v) is 12.0. The molecule has 0 aliphatic carbocycles. The Labute approximate surface area is 108 Å². The Morgan fingerprint density at radius 3 is 2.24 bits per heavy atom. The number of piperazine rings is 1. The molecule has 1 atom stereocenters. The monoisotopic (exact) mass is 241 g/mol. The van der Waals surface area contributed by atoms with Crippen LogP contribution in [0.15, 0.2) is 0 Å². The average molecular weight is 241 g/mol. The Hall–Kier alpha value is -0.120. The lowest BCUT2D eigenvalue weighted by atomic mass is 10.1. The van der Waals surface area contributed by atoms with E-state index in [-0.39, 0.29) is 0 Å². The predicted octanol–water partition coefficient (Wildman–Crippen LogP) is 1.65. The molecular weight excluding hydrogens is 210 g/mol. The van der Waals surface area contributed by atoms with Crippen LogP contribution in [0, 0.1) is 5.92 Å². The van der Waals surface area contributed by atoms with Gasteiger partial charge in [0.05, 0.1) is 0 Å². The van der Waals surface area contributed by atoms with Gasteiger partial charge in [0, 0.05) is 32.7 Å². The largest absolute Gasteiger partial charge is 0.316 e. The van der Waals surface area contributed by atoms with Crippen LogP contribution in [0.2, 0.25) is 0 Å². The third-order valence-corrected chi connectivity index (χ3v) is 3.49. The quantitative estimate of drug-likeness (QED) is 0.652. The highest BCUT2D eigenvalue weighted by atomic mass is 15.3. The van der Waals surface area contributed by atoms with Crippen LogP contribution in [-0.4, -0.2) is 62.2 Å². The van der Waals surface area contributed by atoms with Gasteiger partial charge in [-0.15, -0.1) is 0 Å². The van der Waals surface area contributed by atoms with Gasteiger partial charge in [-0.3, -0.25) is 0 Å². The molecule has 1 unspecified atom stereocenters. The van der Waals surface area contributed by atoms with E-state index in [0.29, 0.717) is 0 Å². The van der Waals surface area contributed by atoms with Crippen molar-refractivity contribution in [3.05, 3.63) is 0 Å². The minimum absolute atomic E-state index is 0.777. The molecule has 0 bridgehead atoms. The first-order chi connectivity index (χ1) is 8.26. The van der Waals surface area contributed by atoms with Crippen molar-refractivity contribution >= 4 is 0 Å². The summed E-state index contributed by atoms with van der Waals surface area (Å²) in [6.45, 7) is 16.8. The van der Waals surface area contributed by atoms with Crippen LogP contribution in [0.25, 0.3) is 0 Å². The lowest BCUT2D eigenvalue weighted by molar-refractivity contribution is 0.120. The molecule has 1 aliphatic heterocycles. The molecule has 0 aromatic rings. The van der Waals surface area contributed by atoms with Gasteiger partial charge in [-0.05, 0) is 38.4 Å². The van der Waals surface area contributed by atoms with Crippen molar-refractivity contribution in [1.29, 1.82) is 0 Å². The zero-order chi connectivity index (χ0) is 12.5. The lowest BCUT2D eigenvalue weighted by Crippen LogP contribution is -2.48. The third-order valence-electron chi connectivity index (χ3n) is 3.49. The molecule has 1 fully saturated rings. The molecule has 1 rings (SSSR count). The van der Waals surface area contributed by atoms with Gasteiger partial charge in [-0.25, -0.2) is 0 Å². The Bertz CT molecular complexity index is 176. The standard InChI is InChI=1S/C14H31N3/c1-4-6-15-12-14(3)13-17-10-8-16(7-5-2)9-11-17/h14-15H,4-13H2,1-3H3. The van der Waals surface area contributed by atoms with Crippen molar-refractivity contribution in [2.45, 2.75) is 33.6 Å². The molecule has 0 aromatic carbocycles. The van der Waals surface area contributed by atoms with E-state index >= 15 is 0 Å². The molecule has 17 heavy (non-hydrogen) atoms. The van der Waals surface area contributed by atoms with E-state index in [9.17, 15) is 0 Å². The van der Waals surface area contributed by atoms with Gasteiger partial charge in [-0.1, -0.05) is 20.8 Å². The molecule has 0 radical (unpaired) electrons. The smallest absolute Gasteiger partial charge is 0.0110 e. The number of rotatable bonds is 8. The van der Waals surface area contributed by atoms with E-state index < -0.39 is 0 Å². The van der Waals surface area contributed by atoms with Crippen LogP contribution in [0.1, 0.15) is 33.6 Å². The number of hydrogen-bond donors (Lipinski definition) is 1. The lowest BCUT2D eigenvalue weighted by Gasteiger charge is -2.35. The summed E-state index contributed by atoms with van der Waals surface area (Å²) < 4.78 is 0. The Balaban J connectivity index is 2.08. The number of nitrogens with one attached hydrogen (secondary N) is 1. The summed E-state index contributed by atoms with van der Waals surface area (Å²) in [5, 5.41) is 3.52. The molecule has 3 nitrogen and oxygen atoms in total. The van der Waals surface area contributed by atoms with E-state index in [4.69, 9.17) is 0 Å². The van der Waals surface area contributed by atoms with Gasteiger partial charge in [-0.2, -0.15) is 0 Å². The van der Waals surface area contributed by atoms with Crippen molar-refractivity contribution in [3.8, 4) is 0 Å². The summed E-state index contributed by atoms with van der Waals surface area (Å²) in [6, 6.07) is 0. The van der Waals surface area contributed by atoms with Crippen molar-refractivity contribution in [2.75, 3.05) is 52.4 Å². The summed E-state index contributed by atoms with van der Waals surface area (Å²) in [6.07, 6.45) is 2.53.